The van der Waals surface area contributed by atoms with E-state index in [4.69, 9.17) is 11.6 Å². The number of aliphatic hydroxyl groups excluding tert-OH is 1. The Morgan fingerprint density at radius 1 is 0.970 bits per heavy atom. The van der Waals surface area contributed by atoms with Crippen molar-refractivity contribution in [3.8, 4) is 11.1 Å². The van der Waals surface area contributed by atoms with E-state index in [-0.39, 0.29) is 18.4 Å². The maximum atomic E-state index is 13.3. The Hall–Kier alpha value is -3.41. The van der Waals surface area contributed by atoms with E-state index in [0.29, 0.717) is 18.5 Å². The van der Waals surface area contributed by atoms with Crippen LogP contribution in [0.4, 0.5) is 0 Å². The highest BCUT2D eigenvalue weighted by molar-refractivity contribution is 6.25. The summed E-state index contributed by atoms with van der Waals surface area (Å²) in [5, 5.41) is 13.1. The molecule has 0 bridgehead atoms. The third kappa shape index (κ3) is 5.33. The number of aliphatic hydroxyl groups is 1. The normalized spacial score (nSPS) is 17.7. The molecule has 0 radical (unpaired) electrons. The molecule has 0 aliphatic carbocycles. The van der Waals surface area contributed by atoms with Crippen molar-refractivity contribution in [3.05, 3.63) is 107 Å². The number of hydrogen-bond acceptors (Lipinski definition) is 3. The minimum atomic E-state index is -0.825. The molecule has 1 unspecified atom stereocenters. The van der Waals surface area contributed by atoms with Crippen molar-refractivity contribution in [3.63, 3.8) is 0 Å². The van der Waals surface area contributed by atoms with Gasteiger partial charge in [-0.25, -0.2) is 0 Å². The molecular formula is C27H25ClN2O3. The van der Waals surface area contributed by atoms with Gasteiger partial charge in [0.05, 0.1) is 6.10 Å². The zero-order valence-electron chi connectivity index (χ0n) is 18.0. The number of benzene rings is 3. The van der Waals surface area contributed by atoms with E-state index >= 15 is 0 Å². The highest BCUT2D eigenvalue weighted by Gasteiger charge is 2.37. The van der Waals surface area contributed by atoms with Crippen molar-refractivity contribution in [1.82, 2.24) is 10.2 Å². The zero-order chi connectivity index (χ0) is 23.2. The first-order chi connectivity index (χ1) is 16.1. The molecule has 2 amide bonds. The number of rotatable bonds is 6. The van der Waals surface area contributed by atoms with Crippen LogP contribution in [0.1, 0.15) is 28.4 Å². The molecule has 1 aliphatic rings. The average Bonchev–Trinajstić information content (AvgIpc) is 3.32. The molecule has 0 spiro atoms. The number of amides is 2. The van der Waals surface area contributed by atoms with Gasteiger partial charge in [-0.15, -0.1) is 0 Å². The van der Waals surface area contributed by atoms with Gasteiger partial charge in [-0.1, -0.05) is 84.4 Å². The Bertz CT molecular complexity index is 1130. The van der Waals surface area contributed by atoms with Crippen LogP contribution in [0.5, 0.6) is 0 Å². The highest BCUT2D eigenvalue weighted by atomic mass is 35.5. The summed E-state index contributed by atoms with van der Waals surface area (Å²) in [4.78, 5) is 27.7. The lowest BCUT2D eigenvalue weighted by atomic mass is 10.0. The molecular weight excluding hydrogens is 436 g/mol. The Kier molecular flexibility index (Phi) is 7.23. The lowest BCUT2D eigenvalue weighted by Crippen LogP contribution is -2.46. The molecule has 1 saturated heterocycles. The minimum absolute atomic E-state index is 0.0626. The van der Waals surface area contributed by atoms with E-state index in [1.807, 2.05) is 60.7 Å². The predicted molar refractivity (Wildman–Crippen MR) is 130 cm³/mol. The molecule has 33 heavy (non-hydrogen) atoms. The third-order valence-electron chi connectivity index (χ3n) is 5.82. The SMILES string of the molecule is O=C(NCC(O)c1ccccc1)[C@@H]1C/C(=C\Cl)CN1C(=O)c1ccc(-c2ccccc2)cc1. The molecule has 5 nitrogen and oxygen atoms in total. The molecule has 2 atom stereocenters. The maximum Gasteiger partial charge on any atom is 0.254 e. The Labute approximate surface area is 198 Å². The fraction of sp³-hybridized carbons (Fsp3) is 0.185. The van der Waals surface area contributed by atoms with Gasteiger partial charge in [0.1, 0.15) is 6.04 Å². The predicted octanol–water partition coefficient (Wildman–Crippen LogP) is 4.54. The molecule has 0 saturated carbocycles. The lowest BCUT2D eigenvalue weighted by Gasteiger charge is -2.24. The summed E-state index contributed by atoms with van der Waals surface area (Å²) >= 11 is 5.92. The third-order valence-corrected chi connectivity index (χ3v) is 6.12. The van der Waals surface area contributed by atoms with E-state index in [9.17, 15) is 14.7 Å². The molecule has 0 aromatic heterocycles. The van der Waals surface area contributed by atoms with Crippen LogP contribution in [-0.2, 0) is 4.79 Å². The van der Waals surface area contributed by atoms with Crippen LogP contribution in [0.2, 0.25) is 0 Å². The fourth-order valence-corrected chi connectivity index (χ4v) is 4.15. The van der Waals surface area contributed by atoms with Crippen LogP contribution >= 0.6 is 11.6 Å². The van der Waals surface area contributed by atoms with Gasteiger partial charge in [0, 0.05) is 30.6 Å². The quantitative estimate of drug-likeness (QED) is 0.567. The molecule has 4 rings (SSSR count). The summed E-state index contributed by atoms with van der Waals surface area (Å²) < 4.78 is 0. The molecule has 3 aromatic rings. The van der Waals surface area contributed by atoms with E-state index < -0.39 is 12.1 Å². The molecule has 3 aromatic carbocycles. The van der Waals surface area contributed by atoms with Crippen LogP contribution in [-0.4, -0.2) is 41.0 Å². The van der Waals surface area contributed by atoms with Crippen molar-refractivity contribution < 1.29 is 14.7 Å². The Balaban J connectivity index is 1.46. The van der Waals surface area contributed by atoms with Gasteiger partial charge in [-0.3, -0.25) is 9.59 Å². The topological polar surface area (TPSA) is 69.6 Å². The number of hydrogen-bond donors (Lipinski definition) is 2. The summed E-state index contributed by atoms with van der Waals surface area (Å²) in [6.45, 7) is 0.356. The standard InChI is InChI=1S/C27H25ClN2O3/c28-16-19-15-24(26(32)29-17-25(31)22-9-5-2-6-10-22)30(18-19)27(33)23-13-11-21(12-14-23)20-7-3-1-4-8-20/h1-14,16,24-25,31H,15,17-18H2,(H,29,32)/b19-16+/t24-,25?/m0/s1. The molecule has 1 aliphatic heterocycles. The second-order valence-electron chi connectivity index (χ2n) is 8.04. The van der Waals surface area contributed by atoms with Crippen LogP contribution in [0.25, 0.3) is 11.1 Å². The molecule has 168 valence electrons. The first kappa shape index (κ1) is 22.8. The number of nitrogens with zero attached hydrogens (tertiary/aromatic N) is 1. The largest absolute Gasteiger partial charge is 0.387 e. The lowest BCUT2D eigenvalue weighted by molar-refractivity contribution is -0.125. The van der Waals surface area contributed by atoms with Crippen molar-refractivity contribution in [2.24, 2.45) is 0 Å². The van der Waals surface area contributed by atoms with Crippen LogP contribution in [0.3, 0.4) is 0 Å². The highest BCUT2D eigenvalue weighted by Crippen LogP contribution is 2.27. The van der Waals surface area contributed by atoms with E-state index in [1.165, 1.54) is 10.4 Å². The van der Waals surface area contributed by atoms with E-state index in [1.54, 1.807) is 24.3 Å². The van der Waals surface area contributed by atoms with Crippen molar-refractivity contribution in [2.75, 3.05) is 13.1 Å². The van der Waals surface area contributed by atoms with Gasteiger partial charge < -0.3 is 15.3 Å². The summed E-state index contributed by atoms with van der Waals surface area (Å²) in [5.41, 5.74) is 5.56. The smallest absolute Gasteiger partial charge is 0.254 e. The van der Waals surface area contributed by atoms with Gasteiger partial charge >= 0.3 is 0 Å². The Morgan fingerprint density at radius 2 is 1.58 bits per heavy atom. The monoisotopic (exact) mass is 460 g/mol. The summed E-state index contributed by atoms with van der Waals surface area (Å²) in [6.07, 6.45) is -0.459. The second kappa shape index (κ2) is 10.5. The van der Waals surface area contributed by atoms with Gasteiger partial charge in [0.25, 0.3) is 5.91 Å². The zero-order valence-corrected chi connectivity index (χ0v) is 18.8. The number of carbonyl (C=O) groups is 2. The minimum Gasteiger partial charge on any atom is -0.387 e. The number of halogens is 1. The van der Waals surface area contributed by atoms with Gasteiger partial charge in [0.15, 0.2) is 0 Å². The fourth-order valence-electron chi connectivity index (χ4n) is 3.99. The summed E-state index contributed by atoms with van der Waals surface area (Å²) in [5.74, 6) is -0.542. The van der Waals surface area contributed by atoms with Crippen molar-refractivity contribution in [1.29, 1.82) is 0 Å². The van der Waals surface area contributed by atoms with Crippen LogP contribution < -0.4 is 5.32 Å². The van der Waals surface area contributed by atoms with E-state index in [2.05, 4.69) is 5.32 Å². The summed E-state index contributed by atoms with van der Waals surface area (Å²) in [6, 6.07) is 25.7. The molecule has 1 fully saturated rings. The maximum absolute atomic E-state index is 13.3. The van der Waals surface area contributed by atoms with E-state index in [0.717, 1.165) is 22.3 Å². The van der Waals surface area contributed by atoms with Crippen LogP contribution in [0.15, 0.2) is 96.0 Å². The number of likely N-dealkylation sites (tertiary alicyclic amines) is 1. The Morgan fingerprint density at radius 3 is 2.21 bits per heavy atom. The number of carbonyl (C=O) groups excluding carboxylic acids is 2. The van der Waals surface area contributed by atoms with Crippen molar-refractivity contribution >= 4 is 23.4 Å². The first-order valence-corrected chi connectivity index (χ1v) is 11.3. The van der Waals surface area contributed by atoms with Gasteiger partial charge in [-0.05, 0) is 34.4 Å². The second-order valence-corrected chi connectivity index (χ2v) is 8.25. The number of nitrogens with one attached hydrogen (secondary N) is 1. The van der Waals surface area contributed by atoms with Gasteiger partial charge in [-0.2, -0.15) is 0 Å². The van der Waals surface area contributed by atoms with Crippen LogP contribution in [0, 0.1) is 0 Å². The molecule has 1 heterocycles. The summed E-state index contributed by atoms with van der Waals surface area (Å²) in [7, 11) is 0. The van der Waals surface area contributed by atoms with Crippen molar-refractivity contribution in [2.45, 2.75) is 18.6 Å². The molecule has 2 N–H and O–H groups in total. The first-order valence-electron chi connectivity index (χ1n) is 10.8. The van der Waals surface area contributed by atoms with Gasteiger partial charge in [0.2, 0.25) is 5.91 Å². The average molecular weight is 461 g/mol. The molecule has 6 heteroatoms.